The highest BCUT2D eigenvalue weighted by Gasteiger charge is 2.59. The fraction of sp³-hybridized carbons (Fsp3) is 0.132. The van der Waals surface area contributed by atoms with Crippen LogP contribution in [0.2, 0.25) is 0 Å². The molecular formula is C53H34F6. The Morgan fingerprint density at radius 2 is 0.881 bits per heavy atom. The molecule has 288 valence electrons. The molecule has 8 aromatic carbocycles. The highest BCUT2D eigenvalue weighted by Crippen LogP contribution is 2.60. The molecule has 0 N–H and O–H groups in total. The third kappa shape index (κ3) is 4.63. The molecule has 0 amide bonds. The molecule has 3 aliphatic carbocycles. The average Bonchev–Trinajstić information content (AvgIpc) is 3.49. The van der Waals surface area contributed by atoms with Crippen molar-refractivity contribution in [2.75, 3.05) is 0 Å². The number of allylic oxidation sites excluding steroid dienone is 3. The first-order chi connectivity index (χ1) is 28.3. The van der Waals surface area contributed by atoms with Crippen molar-refractivity contribution < 1.29 is 26.3 Å². The van der Waals surface area contributed by atoms with Gasteiger partial charge >= 0.3 is 12.4 Å². The average molecular weight is 785 g/mol. The molecule has 2 atom stereocenters. The Hall–Kier alpha value is -6.40. The summed E-state index contributed by atoms with van der Waals surface area (Å²) in [5.41, 5.74) is 3.41. The second kappa shape index (κ2) is 12.1. The molecule has 0 spiro atoms. The second-order valence-electron chi connectivity index (χ2n) is 16.3. The van der Waals surface area contributed by atoms with Crippen molar-refractivity contribution in [3.63, 3.8) is 0 Å². The molecule has 0 saturated carbocycles. The van der Waals surface area contributed by atoms with Crippen LogP contribution in [-0.2, 0) is 17.3 Å². The first-order valence-electron chi connectivity index (χ1n) is 19.7. The quantitative estimate of drug-likeness (QED) is 0.0930. The molecule has 0 fully saturated rings. The molecule has 3 aliphatic rings. The summed E-state index contributed by atoms with van der Waals surface area (Å²) in [7, 11) is 0. The molecule has 0 saturated heterocycles. The number of alkyl halides is 6. The van der Waals surface area contributed by atoms with Crippen LogP contribution in [0.25, 0.3) is 82.9 Å². The van der Waals surface area contributed by atoms with Gasteiger partial charge in [0.05, 0.1) is 0 Å². The zero-order valence-electron chi connectivity index (χ0n) is 32.0. The van der Waals surface area contributed by atoms with E-state index in [1.807, 2.05) is 72.8 Å². The maximum atomic E-state index is 15.5. The van der Waals surface area contributed by atoms with Crippen molar-refractivity contribution in [2.24, 2.45) is 0 Å². The lowest BCUT2D eigenvalue weighted by Crippen LogP contribution is -2.38. The van der Waals surface area contributed by atoms with E-state index in [1.54, 1.807) is 60.7 Å². The Balaban J connectivity index is 1.30. The van der Waals surface area contributed by atoms with Gasteiger partial charge in [-0.05, 0) is 143 Å². The number of halogens is 6. The first-order valence-corrected chi connectivity index (χ1v) is 19.7. The zero-order chi connectivity index (χ0) is 40.6. The van der Waals surface area contributed by atoms with E-state index < -0.39 is 23.2 Å². The Morgan fingerprint density at radius 3 is 1.41 bits per heavy atom. The Labute approximate surface area is 336 Å². The van der Waals surface area contributed by atoms with Gasteiger partial charge in [0.15, 0.2) is 0 Å². The number of hydrogen-bond acceptors (Lipinski definition) is 0. The summed E-state index contributed by atoms with van der Waals surface area (Å²) in [6.45, 7) is 2.55. The van der Waals surface area contributed by atoms with E-state index in [4.69, 9.17) is 0 Å². The van der Waals surface area contributed by atoms with E-state index in [9.17, 15) is 0 Å². The molecule has 8 aromatic rings. The normalized spacial score (nSPS) is 19.1. The Morgan fingerprint density at radius 1 is 0.441 bits per heavy atom. The Kier molecular flexibility index (Phi) is 7.31. The van der Waals surface area contributed by atoms with Crippen LogP contribution in [0, 0.1) is 0 Å². The van der Waals surface area contributed by atoms with Crippen LogP contribution in [-0.4, -0.2) is 12.4 Å². The highest BCUT2D eigenvalue weighted by atomic mass is 19.4. The fourth-order valence-corrected chi connectivity index (χ4v) is 10.6. The molecule has 0 bridgehead atoms. The first kappa shape index (κ1) is 35.7. The fourth-order valence-electron chi connectivity index (χ4n) is 10.6. The Bertz CT molecular complexity index is 3200. The predicted molar refractivity (Wildman–Crippen MR) is 228 cm³/mol. The molecule has 0 aromatic heterocycles. The van der Waals surface area contributed by atoms with Crippen molar-refractivity contribution in [1.29, 1.82) is 0 Å². The molecule has 0 radical (unpaired) electrons. The van der Waals surface area contributed by atoms with Gasteiger partial charge in [0.1, 0.15) is 10.8 Å². The lowest BCUT2D eigenvalue weighted by molar-refractivity contribution is -0.172. The van der Waals surface area contributed by atoms with Gasteiger partial charge in [-0.3, -0.25) is 0 Å². The highest BCUT2D eigenvalue weighted by molar-refractivity contribution is 6.30. The van der Waals surface area contributed by atoms with Gasteiger partial charge in [0, 0.05) is 0 Å². The summed E-state index contributed by atoms with van der Waals surface area (Å²) in [5.74, 6) is 0. The van der Waals surface area contributed by atoms with E-state index in [0.717, 1.165) is 54.6 Å². The monoisotopic (exact) mass is 784 g/mol. The number of rotatable bonds is 2. The smallest absolute Gasteiger partial charge is 0.170 e. The van der Waals surface area contributed by atoms with Crippen LogP contribution >= 0.6 is 0 Å². The molecular weight excluding hydrogens is 751 g/mol. The van der Waals surface area contributed by atoms with Crippen molar-refractivity contribution in [2.45, 2.75) is 43.5 Å². The van der Waals surface area contributed by atoms with Gasteiger partial charge in [-0.25, -0.2) is 0 Å². The van der Waals surface area contributed by atoms with Gasteiger partial charge in [0.2, 0.25) is 0 Å². The summed E-state index contributed by atoms with van der Waals surface area (Å²) < 4.78 is 92.7. The molecule has 0 heterocycles. The lowest BCUT2D eigenvalue weighted by atomic mass is 9.76. The van der Waals surface area contributed by atoms with Crippen LogP contribution in [0.1, 0.15) is 47.2 Å². The third-order valence-electron chi connectivity index (χ3n) is 13.5. The van der Waals surface area contributed by atoms with E-state index in [1.165, 1.54) is 13.8 Å². The van der Waals surface area contributed by atoms with Crippen LogP contribution in [0.3, 0.4) is 0 Å². The van der Waals surface area contributed by atoms with Crippen molar-refractivity contribution in [3.8, 4) is 44.5 Å². The van der Waals surface area contributed by atoms with Crippen LogP contribution < -0.4 is 0 Å². The third-order valence-corrected chi connectivity index (χ3v) is 13.5. The molecule has 2 unspecified atom stereocenters. The van der Waals surface area contributed by atoms with Crippen molar-refractivity contribution in [1.82, 2.24) is 0 Å². The van der Waals surface area contributed by atoms with Crippen LogP contribution in [0.4, 0.5) is 26.3 Å². The number of hydrogen-bond donors (Lipinski definition) is 0. The maximum absolute atomic E-state index is 15.5. The zero-order valence-corrected chi connectivity index (χ0v) is 32.0. The predicted octanol–water partition coefficient (Wildman–Crippen LogP) is 15.3. The van der Waals surface area contributed by atoms with Gasteiger partial charge in [0.25, 0.3) is 0 Å². The van der Waals surface area contributed by atoms with Gasteiger partial charge in [-0.1, -0.05) is 146 Å². The van der Waals surface area contributed by atoms with Crippen molar-refractivity contribution >= 4 is 38.4 Å². The summed E-state index contributed by atoms with van der Waals surface area (Å²) in [6.07, 6.45) is -0.396. The summed E-state index contributed by atoms with van der Waals surface area (Å²) in [4.78, 5) is 0. The minimum atomic E-state index is -4.58. The number of benzene rings is 8. The van der Waals surface area contributed by atoms with Gasteiger partial charge < -0.3 is 0 Å². The standard InChI is InChI=1S/C53H34F6/c1-50(52(54,55)56)42-22-12-10-16-34(42)36-26-24-30(28-44(36)50)46-40-20-8-9-21-41(40)47(49-39-19-7-6-15-33(39)32-14-4-3-5-18-38(32)48(46)49)31-25-27-37-35-17-11-13-23-43(35)51(2,45(37)29-31)53(57,58)59/h3-13,15-29H,14H2,1-2H3. The van der Waals surface area contributed by atoms with Gasteiger partial charge in [-0.15, -0.1) is 0 Å². The van der Waals surface area contributed by atoms with E-state index in [0.29, 0.717) is 39.8 Å². The van der Waals surface area contributed by atoms with Crippen molar-refractivity contribution in [3.05, 3.63) is 185 Å². The molecule has 59 heavy (non-hydrogen) atoms. The van der Waals surface area contributed by atoms with E-state index in [-0.39, 0.29) is 22.3 Å². The largest absolute Gasteiger partial charge is 0.402 e. The second-order valence-corrected chi connectivity index (χ2v) is 16.3. The summed E-state index contributed by atoms with van der Waals surface area (Å²) >= 11 is 0. The number of fused-ring (bicyclic) bond motifs is 13. The molecule has 11 rings (SSSR count). The molecule has 6 heteroatoms. The topological polar surface area (TPSA) is 0 Å². The maximum Gasteiger partial charge on any atom is 0.402 e. The molecule has 0 aliphatic heterocycles. The molecule has 0 nitrogen and oxygen atoms in total. The van der Waals surface area contributed by atoms with E-state index >= 15 is 26.3 Å². The van der Waals surface area contributed by atoms with Gasteiger partial charge in [-0.2, -0.15) is 26.3 Å². The van der Waals surface area contributed by atoms with E-state index in [2.05, 4.69) is 24.3 Å². The minimum Gasteiger partial charge on any atom is -0.170 e. The lowest BCUT2D eigenvalue weighted by Gasteiger charge is -2.31. The minimum absolute atomic E-state index is 0.192. The summed E-state index contributed by atoms with van der Waals surface area (Å²) in [6, 6.07) is 40.4. The SMILES string of the molecule is CC1(C(F)(F)F)c2ccccc2-c2ccc(-c3c4ccccc4c(-c4ccc5c(c4)C(C)(C(F)(F)F)c4ccccc4-5)c4c3c3c(c5ccccc54)CC=CC=C3)cc21. The van der Waals surface area contributed by atoms with Crippen LogP contribution in [0.15, 0.2) is 152 Å². The summed E-state index contributed by atoms with van der Waals surface area (Å²) in [5, 5.41) is 5.21. The van der Waals surface area contributed by atoms with Crippen LogP contribution in [0.5, 0.6) is 0 Å².